The van der Waals surface area contributed by atoms with Crippen LogP contribution in [-0.4, -0.2) is 52.7 Å². The number of aliphatic hydroxyl groups is 2. The molecule has 1 aliphatic heterocycles. The number of nitrogens with zero attached hydrogens (tertiary/aromatic N) is 1. The van der Waals surface area contributed by atoms with Gasteiger partial charge in [-0.25, -0.2) is 8.78 Å². The molecule has 0 unspecified atom stereocenters. The minimum absolute atomic E-state index is 0.217. The number of ether oxygens (including phenoxy) is 2. The Morgan fingerprint density at radius 2 is 2.00 bits per heavy atom. The summed E-state index contributed by atoms with van der Waals surface area (Å²) in [7, 11) is 0.982. The predicted molar refractivity (Wildman–Crippen MR) is 104 cm³/mol. The first-order valence-electron chi connectivity index (χ1n) is 9.84. The lowest BCUT2D eigenvalue weighted by atomic mass is 9.85. The van der Waals surface area contributed by atoms with Gasteiger partial charge in [-0.15, -0.1) is 0 Å². The number of alkyl halides is 3. The van der Waals surface area contributed by atoms with Gasteiger partial charge in [-0.1, -0.05) is 6.07 Å². The number of rotatable bonds is 6. The first-order valence-corrected chi connectivity index (χ1v) is 9.84. The number of hydrogen-bond acceptors (Lipinski definition) is 6. The molecule has 3 rings (SSSR count). The van der Waals surface area contributed by atoms with Crippen molar-refractivity contribution in [1.82, 2.24) is 4.98 Å². The molecule has 1 aromatic carbocycles. The van der Waals surface area contributed by atoms with Crippen LogP contribution < -0.4 is 10.1 Å². The van der Waals surface area contributed by atoms with E-state index in [1.807, 2.05) is 0 Å². The Labute approximate surface area is 189 Å². The molecule has 1 saturated heterocycles. The van der Waals surface area contributed by atoms with Gasteiger partial charge in [0.1, 0.15) is 12.2 Å². The molecular formula is C21H20F6N2O5. The molecule has 0 radical (unpaired) electrons. The molecule has 34 heavy (non-hydrogen) atoms. The zero-order valence-corrected chi connectivity index (χ0v) is 17.8. The van der Waals surface area contributed by atoms with Gasteiger partial charge in [-0.3, -0.25) is 9.78 Å². The number of anilines is 1. The Balaban J connectivity index is 2.02. The van der Waals surface area contributed by atoms with Crippen molar-refractivity contribution < 1.29 is 50.8 Å². The summed E-state index contributed by atoms with van der Waals surface area (Å²) < 4.78 is 93.2. The average molecular weight is 494 g/mol. The standard InChI is InChI=1S/C21H20F6N2O5/c1-20(21(25,26)27)6-10(9-3-4-11(22)16(24)17(9)33-2)18(34-20)19(32)29-13-5-14(15(31)8-30)28-7-12(13)23/h3-5,7,10,15,18,30-31H,6,8H2,1-2H3,(H,28,29,32)/t10-,15+,18+,20+/m0/s1. The van der Waals surface area contributed by atoms with Gasteiger partial charge in [0.25, 0.3) is 5.91 Å². The Kier molecular flexibility index (Phi) is 7.10. The van der Waals surface area contributed by atoms with E-state index < -0.39 is 77.7 Å². The lowest BCUT2D eigenvalue weighted by Crippen LogP contribution is -2.43. The van der Waals surface area contributed by atoms with E-state index in [1.165, 1.54) is 0 Å². The zero-order chi connectivity index (χ0) is 25.4. The lowest BCUT2D eigenvalue weighted by molar-refractivity contribution is -0.261. The number of carbonyl (C=O) groups is 1. The number of carbonyl (C=O) groups excluding carboxylic acids is 1. The fourth-order valence-electron chi connectivity index (χ4n) is 3.71. The molecule has 3 N–H and O–H groups in total. The van der Waals surface area contributed by atoms with Crippen molar-refractivity contribution in [1.29, 1.82) is 0 Å². The number of aromatic nitrogens is 1. The van der Waals surface area contributed by atoms with Gasteiger partial charge < -0.3 is 25.0 Å². The van der Waals surface area contributed by atoms with Crippen molar-refractivity contribution in [3.63, 3.8) is 0 Å². The number of halogens is 6. The fraction of sp³-hybridized carbons (Fsp3) is 0.429. The second-order valence-corrected chi connectivity index (χ2v) is 7.84. The van der Waals surface area contributed by atoms with Gasteiger partial charge in [-0.2, -0.15) is 17.6 Å². The van der Waals surface area contributed by atoms with Gasteiger partial charge in [0.15, 0.2) is 23.0 Å². The van der Waals surface area contributed by atoms with E-state index in [0.717, 1.165) is 19.2 Å². The molecule has 0 bridgehead atoms. The number of pyridine rings is 1. The van der Waals surface area contributed by atoms with E-state index in [4.69, 9.17) is 14.6 Å². The van der Waals surface area contributed by atoms with E-state index in [9.17, 15) is 36.2 Å². The van der Waals surface area contributed by atoms with Crippen LogP contribution in [-0.2, 0) is 9.53 Å². The highest BCUT2D eigenvalue weighted by molar-refractivity contribution is 5.95. The fourth-order valence-corrected chi connectivity index (χ4v) is 3.71. The second-order valence-electron chi connectivity index (χ2n) is 7.84. The number of methoxy groups -OCH3 is 1. The minimum Gasteiger partial charge on any atom is -0.493 e. The average Bonchev–Trinajstić information content (AvgIpc) is 3.15. The third-order valence-electron chi connectivity index (χ3n) is 5.55. The van der Waals surface area contributed by atoms with Crippen molar-refractivity contribution in [2.75, 3.05) is 19.0 Å². The number of nitrogens with one attached hydrogen (secondary N) is 1. The van der Waals surface area contributed by atoms with Crippen LogP contribution in [0.25, 0.3) is 0 Å². The molecule has 7 nitrogen and oxygen atoms in total. The first kappa shape index (κ1) is 25.7. The topological polar surface area (TPSA) is 101 Å². The number of aliphatic hydroxyl groups excluding tert-OH is 2. The van der Waals surface area contributed by atoms with Crippen molar-refractivity contribution >= 4 is 11.6 Å². The summed E-state index contributed by atoms with van der Waals surface area (Å²) in [5.41, 5.74) is -3.86. The van der Waals surface area contributed by atoms with Crippen LogP contribution >= 0.6 is 0 Å². The molecule has 2 heterocycles. The number of amides is 1. The smallest absolute Gasteiger partial charge is 0.417 e. The van der Waals surface area contributed by atoms with E-state index in [0.29, 0.717) is 19.2 Å². The largest absolute Gasteiger partial charge is 0.493 e. The van der Waals surface area contributed by atoms with E-state index in [2.05, 4.69) is 10.3 Å². The zero-order valence-electron chi connectivity index (χ0n) is 17.8. The van der Waals surface area contributed by atoms with Crippen molar-refractivity contribution in [3.8, 4) is 5.75 Å². The minimum atomic E-state index is -4.94. The lowest BCUT2D eigenvalue weighted by Gasteiger charge is -2.27. The molecule has 186 valence electrons. The Hall–Kier alpha value is -2.90. The normalized spacial score (nSPS) is 23.6. The maximum atomic E-state index is 14.3. The monoisotopic (exact) mass is 494 g/mol. The van der Waals surface area contributed by atoms with Crippen molar-refractivity contribution in [2.45, 2.75) is 43.2 Å². The summed E-state index contributed by atoms with van der Waals surface area (Å²) in [5, 5.41) is 20.8. The molecular weight excluding hydrogens is 474 g/mol. The van der Waals surface area contributed by atoms with Crippen LogP contribution in [0.2, 0.25) is 0 Å². The van der Waals surface area contributed by atoms with Gasteiger partial charge in [0, 0.05) is 11.5 Å². The van der Waals surface area contributed by atoms with E-state index in [-0.39, 0.29) is 11.3 Å². The third kappa shape index (κ3) is 4.68. The number of benzene rings is 1. The van der Waals surface area contributed by atoms with Gasteiger partial charge >= 0.3 is 6.18 Å². The van der Waals surface area contributed by atoms with Gasteiger partial charge in [-0.05, 0) is 25.5 Å². The summed E-state index contributed by atoms with van der Waals surface area (Å²) in [6, 6.07) is 2.55. The maximum absolute atomic E-state index is 14.3. The molecule has 1 aromatic heterocycles. The Morgan fingerprint density at radius 1 is 1.32 bits per heavy atom. The SMILES string of the molecule is COc1c([C@@H]2C[C@](C)(C(F)(F)F)O[C@H]2C(=O)Nc2cc([C@H](O)CO)ncc2F)ccc(F)c1F. The highest BCUT2D eigenvalue weighted by Gasteiger charge is 2.61. The highest BCUT2D eigenvalue weighted by Crippen LogP contribution is 2.51. The maximum Gasteiger partial charge on any atom is 0.417 e. The Morgan fingerprint density at radius 3 is 2.59 bits per heavy atom. The third-order valence-corrected chi connectivity index (χ3v) is 5.55. The molecule has 0 saturated carbocycles. The summed E-state index contributed by atoms with van der Waals surface area (Å²) in [5.74, 6) is -7.22. The highest BCUT2D eigenvalue weighted by atomic mass is 19.4. The molecule has 1 aliphatic rings. The molecule has 0 spiro atoms. The molecule has 13 heteroatoms. The summed E-state index contributed by atoms with van der Waals surface area (Å²) >= 11 is 0. The molecule has 2 aromatic rings. The van der Waals surface area contributed by atoms with Crippen LogP contribution in [0, 0.1) is 17.5 Å². The molecule has 1 amide bonds. The summed E-state index contributed by atoms with van der Waals surface area (Å²) in [6.07, 6.45) is -8.57. The van der Waals surface area contributed by atoms with Gasteiger partial charge in [0.2, 0.25) is 5.82 Å². The first-order chi connectivity index (χ1) is 15.8. The van der Waals surface area contributed by atoms with Crippen LogP contribution in [0.15, 0.2) is 24.4 Å². The van der Waals surface area contributed by atoms with Crippen LogP contribution in [0.5, 0.6) is 5.75 Å². The van der Waals surface area contributed by atoms with Crippen LogP contribution in [0.1, 0.15) is 36.6 Å². The number of hydrogen-bond donors (Lipinski definition) is 3. The quantitative estimate of drug-likeness (QED) is 0.533. The Bertz CT molecular complexity index is 1080. The van der Waals surface area contributed by atoms with E-state index in [1.54, 1.807) is 0 Å². The predicted octanol–water partition coefficient (Wildman–Crippen LogP) is 3.37. The van der Waals surface area contributed by atoms with Crippen LogP contribution in [0.3, 0.4) is 0 Å². The summed E-state index contributed by atoms with van der Waals surface area (Å²) in [4.78, 5) is 16.5. The molecule has 4 atom stereocenters. The molecule has 0 aliphatic carbocycles. The van der Waals surface area contributed by atoms with Gasteiger partial charge in [0.05, 0.1) is 31.3 Å². The van der Waals surface area contributed by atoms with E-state index >= 15 is 0 Å². The second kappa shape index (κ2) is 9.39. The molecule has 1 fully saturated rings. The van der Waals surface area contributed by atoms with Crippen molar-refractivity contribution in [2.24, 2.45) is 0 Å². The van der Waals surface area contributed by atoms with Crippen LogP contribution in [0.4, 0.5) is 32.0 Å². The summed E-state index contributed by atoms with van der Waals surface area (Å²) in [6.45, 7) is -0.0674. The van der Waals surface area contributed by atoms with Crippen molar-refractivity contribution in [3.05, 3.63) is 53.1 Å².